The van der Waals surface area contributed by atoms with Crippen LogP contribution in [0.25, 0.3) is 11.1 Å². The molecule has 4 rings (SSSR count). The Balaban J connectivity index is -0.000000225. The zero-order valence-electron chi connectivity index (χ0n) is 22.1. The van der Waals surface area contributed by atoms with Crippen molar-refractivity contribution in [1.82, 2.24) is 29.9 Å². The van der Waals surface area contributed by atoms with Crippen molar-refractivity contribution in [3.63, 3.8) is 0 Å². The molecule has 0 fully saturated rings. The van der Waals surface area contributed by atoms with Crippen LogP contribution in [0.3, 0.4) is 0 Å². The average molecular weight is 655 g/mol. The molecule has 2 N–H and O–H groups in total. The molecule has 0 amide bonds. The minimum Gasteiger partial charge on any atom is -1.00 e. The molecule has 0 bridgehead atoms. The second-order valence-electron chi connectivity index (χ2n) is 5.97. The van der Waals surface area contributed by atoms with Gasteiger partial charge in [0, 0.05) is 59.8 Å². The van der Waals surface area contributed by atoms with Crippen molar-refractivity contribution in [2.24, 2.45) is 0 Å². The standard InChI is InChI=1S/C10H9N3O.C6H8BNO3.C4H3BrN2.CH2O3.CH4.2K.H/c1-14-10-3-2-8(6-13-10)9-4-11-7-12-5-9;1-11-6-3-2-5(4-8-6)7(9)10;5-4-1-6-3-7-2-4;2-1-4-3;;;;/h2-7H,1H3;2-4,9-10H,1H3;1-3H;1,3H;1H4;;;/q;;;;;2*+1;-1/p-1. The molecule has 0 radical (unpaired) electrons. The molecule has 0 aliphatic carbocycles. The number of aromatic nitrogens is 6. The first-order valence-electron chi connectivity index (χ1n) is 9.69. The van der Waals surface area contributed by atoms with Gasteiger partial charge in [0.1, 0.15) is 12.7 Å². The van der Waals surface area contributed by atoms with Gasteiger partial charge < -0.3 is 31.1 Å². The van der Waals surface area contributed by atoms with E-state index in [9.17, 15) is 0 Å². The minimum absolute atomic E-state index is 0. The summed E-state index contributed by atoms with van der Waals surface area (Å²) in [4.78, 5) is 34.4. The van der Waals surface area contributed by atoms with Crippen LogP contribution in [0.4, 0.5) is 0 Å². The summed E-state index contributed by atoms with van der Waals surface area (Å²) < 4.78 is 10.6. The molecule has 0 aliphatic heterocycles. The first kappa shape index (κ1) is 42.7. The van der Waals surface area contributed by atoms with E-state index >= 15 is 0 Å². The van der Waals surface area contributed by atoms with E-state index in [1.165, 1.54) is 32.0 Å². The van der Waals surface area contributed by atoms with Crippen molar-refractivity contribution in [2.75, 3.05) is 14.2 Å². The van der Waals surface area contributed by atoms with Gasteiger partial charge in [-0.05, 0) is 28.1 Å². The Labute approximate surface area is 321 Å². The number of carbonyl (C=O) groups is 1. The number of pyridine rings is 2. The molecule has 0 aromatic carbocycles. The van der Waals surface area contributed by atoms with Crippen LogP contribution in [0.2, 0.25) is 0 Å². The summed E-state index contributed by atoms with van der Waals surface area (Å²) in [6.45, 7) is -0.181. The van der Waals surface area contributed by atoms with Crippen molar-refractivity contribution in [1.29, 1.82) is 0 Å². The SMILES string of the molecule is Brc1cncnc1.C.COc1ccc(-c2cncnc2)cn1.COc1ccc(B(O)O)cn1.O=CO[O-].[H-].[K+].[K+]. The Morgan fingerprint density at radius 1 is 0.821 bits per heavy atom. The number of hydrogen-bond donors (Lipinski definition) is 2. The first-order valence-corrected chi connectivity index (χ1v) is 10.5. The van der Waals surface area contributed by atoms with E-state index in [0.29, 0.717) is 17.2 Å². The van der Waals surface area contributed by atoms with Gasteiger partial charge in [-0.25, -0.2) is 29.9 Å². The molecule has 4 aromatic rings. The van der Waals surface area contributed by atoms with Crippen LogP contribution in [0.15, 0.2) is 78.6 Å². The number of hydrogen-bond acceptors (Lipinski definition) is 13. The number of methoxy groups -OCH3 is 2. The predicted octanol–water partition coefficient (Wildman–Crippen LogP) is -5.25. The fourth-order valence-corrected chi connectivity index (χ4v) is 2.30. The molecule has 0 aliphatic rings. The summed E-state index contributed by atoms with van der Waals surface area (Å²) in [5, 5.41) is 25.8. The number of carbonyl (C=O) groups excluding carboxylic acids is 1. The summed E-state index contributed by atoms with van der Waals surface area (Å²) in [6.07, 6.45) is 12.9. The third-order valence-electron chi connectivity index (χ3n) is 3.67. The summed E-state index contributed by atoms with van der Waals surface area (Å²) in [7, 11) is 1.62. The molecule has 4 heterocycles. The van der Waals surface area contributed by atoms with Gasteiger partial charge in [-0.1, -0.05) is 13.5 Å². The first-order chi connectivity index (χ1) is 17.4. The van der Waals surface area contributed by atoms with Crippen LogP contribution >= 0.6 is 15.9 Å². The molecule has 0 unspecified atom stereocenters. The Kier molecular flexibility index (Phi) is 30.0. The van der Waals surface area contributed by atoms with Crippen LogP contribution in [0.1, 0.15) is 8.85 Å². The van der Waals surface area contributed by atoms with Gasteiger partial charge >= 0.3 is 110 Å². The fourth-order valence-electron chi connectivity index (χ4n) is 2.07. The molecule has 17 heteroatoms. The molecule has 0 saturated heterocycles. The van der Waals surface area contributed by atoms with Crippen LogP contribution in [-0.4, -0.2) is 67.8 Å². The zero-order chi connectivity index (χ0) is 26.6. The molecule has 39 heavy (non-hydrogen) atoms. The van der Waals surface area contributed by atoms with Gasteiger partial charge in [0.2, 0.25) is 11.8 Å². The fraction of sp³-hybridized carbons (Fsp3) is 0.136. The minimum atomic E-state index is -1.46. The molecule has 198 valence electrons. The van der Waals surface area contributed by atoms with E-state index in [4.69, 9.17) is 29.6 Å². The van der Waals surface area contributed by atoms with Gasteiger partial charge in [-0.3, -0.25) is 4.79 Å². The maximum atomic E-state index is 8.66. The Morgan fingerprint density at radius 3 is 1.59 bits per heavy atom. The predicted molar refractivity (Wildman–Crippen MR) is 137 cm³/mol. The summed E-state index contributed by atoms with van der Waals surface area (Å²) in [5.41, 5.74) is 2.28. The molecule has 0 spiro atoms. The number of nitrogens with zero attached hydrogens (tertiary/aromatic N) is 6. The molecule has 0 saturated carbocycles. The maximum absolute atomic E-state index is 8.66. The van der Waals surface area contributed by atoms with Gasteiger partial charge in [0.15, 0.2) is 0 Å². The molecule has 0 atom stereocenters. The molecular formula is C22H26BBrK2N6O7. The van der Waals surface area contributed by atoms with E-state index in [1.54, 1.807) is 44.2 Å². The van der Waals surface area contributed by atoms with E-state index in [2.05, 4.69) is 50.7 Å². The van der Waals surface area contributed by atoms with Gasteiger partial charge in [-0.15, -0.1) is 0 Å². The van der Waals surface area contributed by atoms with Crippen LogP contribution < -0.4 is 123 Å². The second kappa shape index (κ2) is 27.4. The van der Waals surface area contributed by atoms with Gasteiger partial charge in [0.05, 0.1) is 18.7 Å². The number of halogens is 1. The summed E-state index contributed by atoms with van der Waals surface area (Å²) >= 11 is 3.19. The van der Waals surface area contributed by atoms with Crippen LogP contribution in [0.5, 0.6) is 11.8 Å². The van der Waals surface area contributed by atoms with E-state index in [0.717, 1.165) is 15.6 Å². The Hall–Kier alpha value is -0.772. The van der Waals surface area contributed by atoms with Gasteiger partial charge in [-0.2, -0.15) is 0 Å². The smallest absolute Gasteiger partial charge is 1.00 e. The van der Waals surface area contributed by atoms with Crippen molar-refractivity contribution >= 4 is 35.0 Å². The molecule has 13 nitrogen and oxygen atoms in total. The Bertz CT molecular complexity index is 1120. The maximum Gasteiger partial charge on any atom is 1.00 e. The van der Waals surface area contributed by atoms with E-state index in [1.807, 2.05) is 12.1 Å². The average Bonchev–Trinajstić information content (AvgIpc) is 2.95. The van der Waals surface area contributed by atoms with Crippen LogP contribution in [-0.2, 0) is 9.68 Å². The largest absolute Gasteiger partial charge is 1.00 e. The summed E-state index contributed by atoms with van der Waals surface area (Å²) in [5.74, 6) is 1.06. The molecular weight excluding hydrogens is 629 g/mol. The number of rotatable bonds is 5. The zero-order valence-corrected chi connectivity index (χ0v) is 28.9. The topological polar surface area (TPSA) is 186 Å². The second-order valence-corrected chi connectivity index (χ2v) is 6.89. The van der Waals surface area contributed by atoms with E-state index in [-0.39, 0.29) is 118 Å². The normalized spacial score (nSPS) is 8.26. The van der Waals surface area contributed by atoms with E-state index < -0.39 is 7.12 Å². The Morgan fingerprint density at radius 2 is 1.28 bits per heavy atom. The van der Waals surface area contributed by atoms with Crippen molar-refractivity contribution < 1.29 is 139 Å². The third-order valence-corrected chi connectivity index (χ3v) is 4.08. The summed E-state index contributed by atoms with van der Waals surface area (Å²) in [6, 6.07) is 6.83. The van der Waals surface area contributed by atoms with Crippen molar-refractivity contribution in [3.8, 4) is 22.9 Å². The van der Waals surface area contributed by atoms with Crippen LogP contribution in [0, 0.1) is 0 Å². The monoisotopic (exact) mass is 654 g/mol. The van der Waals surface area contributed by atoms with Gasteiger partial charge in [0.25, 0.3) is 6.47 Å². The van der Waals surface area contributed by atoms with Crippen molar-refractivity contribution in [2.45, 2.75) is 7.43 Å². The number of ether oxygens (including phenoxy) is 2. The third kappa shape index (κ3) is 19.9. The molecule has 4 aromatic heterocycles. The van der Waals surface area contributed by atoms with Crippen molar-refractivity contribution in [3.05, 3.63) is 78.6 Å². The quantitative estimate of drug-likeness (QED) is 0.0901.